The molecule has 0 aliphatic carbocycles. The Balaban J connectivity index is 1.84. The zero-order valence-corrected chi connectivity index (χ0v) is 21.9. The molecule has 2 aromatic rings. The van der Waals surface area contributed by atoms with Crippen molar-refractivity contribution in [2.75, 3.05) is 6.54 Å². The van der Waals surface area contributed by atoms with Gasteiger partial charge < -0.3 is 20.7 Å². The lowest BCUT2D eigenvalue weighted by Crippen LogP contribution is -2.34. The number of hydrogen-bond donors (Lipinski definition) is 2. The van der Waals surface area contributed by atoms with Crippen molar-refractivity contribution in [3.63, 3.8) is 0 Å². The van der Waals surface area contributed by atoms with Crippen LogP contribution in [0.1, 0.15) is 62.4 Å². The topological polar surface area (TPSA) is 110 Å². The first kappa shape index (κ1) is 28.2. The van der Waals surface area contributed by atoms with Crippen LogP contribution in [0.25, 0.3) is 6.08 Å². The Hall–Kier alpha value is -3.41. The normalized spacial score (nSPS) is 13.7. The number of amidine groups is 1. The van der Waals surface area contributed by atoms with Crippen molar-refractivity contribution in [3.8, 4) is 0 Å². The number of nitrogens with two attached hydrogens (primary N) is 1. The molecule has 0 saturated carbocycles. The van der Waals surface area contributed by atoms with Gasteiger partial charge in [-0.3, -0.25) is 4.79 Å². The van der Waals surface area contributed by atoms with E-state index in [1.807, 2.05) is 12.3 Å². The number of rotatable bonds is 7. The minimum Gasteiger partial charge on any atom is -0.444 e. The maximum atomic E-state index is 14.0. The highest BCUT2D eigenvalue weighted by atomic mass is 32.1. The number of fused-ring (bicyclic) bond motifs is 1. The number of carbonyl (C=O) groups is 2. The van der Waals surface area contributed by atoms with E-state index in [1.54, 1.807) is 32.9 Å². The third kappa shape index (κ3) is 7.78. The van der Waals surface area contributed by atoms with Crippen LogP contribution in [0.3, 0.4) is 0 Å². The Kier molecular flexibility index (Phi) is 8.62. The fourth-order valence-corrected chi connectivity index (χ4v) is 4.45. The van der Waals surface area contributed by atoms with Crippen LogP contribution in [0.5, 0.6) is 0 Å². The fraction of sp³-hybridized carbons (Fsp3) is 0.440. The predicted molar refractivity (Wildman–Crippen MR) is 136 cm³/mol. The summed E-state index contributed by atoms with van der Waals surface area (Å²) in [5.74, 6) is -0.155. The van der Waals surface area contributed by atoms with Crippen LogP contribution in [0, 0.1) is 0 Å². The molecular formula is C25H30F3N5O3S. The quantitative estimate of drug-likeness (QED) is 0.491. The number of halogens is 3. The van der Waals surface area contributed by atoms with Gasteiger partial charge >= 0.3 is 12.3 Å². The first-order valence-corrected chi connectivity index (χ1v) is 12.6. The number of carbonyl (C=O) groups excluding carboxylic acids is 2. The molecule has 0 aromatic carbocycles. The van der Waals surface area contributed by atoms with E-state index in [0.29, 0.717) is 17.7 Å². The fourth-order valence-electron chi connectivity index (χ4n) is 3.66. The average molecular weight is 538 g/mol. The van der Waals surface area contributed by atoms with Crippen molar-refractivity contribution in [2.45, 2.75) is 65.4 Å². The number of nitrogens with zero attached hydrogens (tertiary/aromatic N) is 3. The Bertz CT molecular complexity index is 1210. The lowest BCUT2D eigenvalue weighted by Gasteiger charge is -2.25. The molecule has 12 heteroatoms. The zero-order valence-electron chi connectivity index (χ0n) is 21.1. The second-order valence-electron chi connectivity index (χ2n) is 9.51. The number of hydrogen-bond acceptors (Lipinski definition) is 7. The minimum absolute atomic E-state index is 0.0102. The van der Waals surface area contributed by atoms with Crippen LogP contribution in [0.2, 0.25) is 0 Å². The molecule has 0 spiro atoms. The SMILES string of the molecule is CCCN(Cc1ccc(CNC(=O)OC(C)(C)C)nc1C(F)(F)F)C(=O)C1=Cc2sccc2N=C(N)C1. The highest BCUT2D eigenvalue weighted by Gasteiger charge is 2.36. The summed E-state index contributed by atoms with van der Waals surface area (Å²) in [4.78, 5) is 35.5. The zero-order chi connectivity index (χ0) is 27.4. The molecule has 0 bridgehead atoms. The molecule has 37 heavy (non-hydrogen) atoms. The standard InChI is InChI=1S/C25H30F3N5O3S/c1-5-9-33(22(34)16-11-19-18(8-10-37-19)32-20(29)12-16)14-15-6-7-17(31-21(15)25(26,27)28)13-30-23(35)36-24(2,3)4/h6-8,10-11H,5,9,12-14H2,1-4H3,(H2,29,32)(H,30,35). The number of aliphatic imine (C=N–C) groups is 1. The Morgan fingerprint density at radius 1 is 1.22 bits per heavy atom. The summed E-state index contributed by atoms with van der Waals surface area (Å²) in [6.07, 6.45) is -3.19. The summed E-state index contributed by atoms with van der Waals surface area (Å²) >= 11 is 1.40. The van der Waals surface area contributed by atoms with Gasteiger partial charge in [0.2, 0.25) is 0 Å². The van der Waals surface area contributed by atoms with Crippen LogP contribution in [0.15, 0.2) is 34.1 Å². The van der Waals surface area contributed by atoms with Gasteiger partial charge in [-0.05, 0) is 50.8 Å². The number of ether oxygens (including phenoxy) is 1. The molecule has 0 atom stereocenters. The molecule has 1 aliphatic rings. The monoisotopic (exact) mass is 537 g/mol. The van der Waals surface area contributed by atoms with Gasteiger partial charge in [0.15, 0.2) is 0 Å². The van der Waals surface area contributed by atoms with E-state index < -0.39 is 29.5 Å². The van der Waals surface area contributed by atoms with Crippen molar-refractivity contribution in [2.24, 2.45) is 10.7 Å². The smallest absolute Gasteiger partial charge is 0.433 e. The van der Waals surface area contributed by atoms with Crippen molar-refractivity contribution in [3.05, 3.63) is 51.0 Å². The van der Waals surface area contributed by atoms with Gasteiger partial charge in [0.25, 0.3) is 5.91 Å². The van der Waals surface area contributed by atoms with Crippen LogP contribution in [-0.4, -0.2) is 39.9 Å². The van der Waals surface area contributed by atoms with E-state index in [0.717, 1.165) is 4.88 Å². The van der Waals surface area contributed by atoms with Gasteiger partial charge in [-0.2, -0.15) is 13.2 Å². The van der Waals surface area contributed by atoms with Gasteiger partial charge in [-0.25, -0.2) is 14.8 Å². The van der Waals surface area contributed by atoms with Crippen LogP contribution in [-0.2, 0) is 28.8 Å². The number of alkyl halides is 3. The maximum Gasteiger partial charge on any atom is 0.433 e. The molecule has 1 aliphatic heterocycles. The molecule has 2 amide bonds. The van der Waals surface area contributed by atoms with Gasteiger partial charge in [0.1, 0.15) is 17.1 Å². The van der Waals surface area contributed by atoms with E-state index in [9.17, 15) is 22.8 Å². The van der Waals surface area contributed by atoms with E-state index in [4.69, 9.17) is 10.5 Å². The number of alkyl carbamates (subject to hydrolysis) is 1. The number of nitrogens with one attached hydrogen (secondary N) is 1. The third-order valence-corrected chi connectivity index (χ3v) is 6.00. The van der Waals surface area contributed by atoms with Gasteiger partial charge in [-0.15, -0.1) is 11.3 Å². The summed E-state index contributed by atoms with van der Waals surface area (Å²) < 4.78 is 47.0. The average Bonchev–Trinajstić information content (AvgIpc) is 3.14. The van der Waals surface area contributed by atoms with E-state index in [2.05, 4.69) is 15.3 Å². The van der Waals surface area contributed by atoms with Gasteiger partial charge in [0, 0.05) is 30.6 Å². The maximum absolute atomic E-state index is 14.0. The molecule has 2 aromatic heterocycles. The number of pyridine rings is 1. The van der Waals surface area contributed by atoms with Gasteiger partial charge in [0.05, 0.1) is 22.8 Å². The van der Waals surface area contributed by atoms with Crippen molar-refractivity contribution < 1.29 is 27.5 Å². The molecule has 0 radical (unpaired) electrons. The molecule has 3 rings (SSSR count). The first-order valence-electron chi connectivity index (χ1n) is 11.7. The summed E-state index contributed by atoms with van der Waals surface area (Å²) in [5.41, 5.74) is 5.01. The predicted octanol–water partition coefficient (Wildman–Crippen LogP) is 5.40. The number of amides is 2. The number of aromatic nitrogens is 1. The van der Waals surface area contributed by atoms with E-state index in [1.165, 1.54) is 28.4 Å². The lowest BCUT2D eigenvalue weighted by molar-refractivity contribution is -0.143. The van der Waals surface area contributed by atoms with E-state index >= 15 is 0 Å². The third-order valence-electron chi connectivity index (χ3n) is 5.15. The molecule has 0 saturated heterocycles. The number of thiophene rings is 1. The van der Waals surface area contributed by atoms with Crippen molar-refractivity contribution in [1.29, 1.82) is 0 Å². The second kappa shape index (κ2) is 11.3. The lowest BCUT2D eigenvalue weighted by atomic mass is 10.1. The largest absolute Gasteiger partial charge is 0.444 e. The Labute approximate surface area is 217 Å². The second-order valence-corrected chi connectivity index (χ2v) is 10.5. The highest BCUT2D eigenvalue weighted by molar-refractivity contribution is 7.11. The molecule has 8 nitrogen and oxygen atoms in total. The van der Waals surface area contributed by atoms with Crippen LogP contribution < -0.4 is 11.1 Å². The molecule has 0 fully saturated rings. The van der Waals surface area contributed by atoms with Crippen molar-refractivity contribution in [1.82, 2.24) is 15.2 Å². The molecule has 200 valence electrons. The summed E-state index contributed by atoms with van der Waals surface area (Å²) in [7, 11) is 0. The molecular weight excluding hydrogens is 507 g/mol. The van der Waals surface area contributed by atoms with E-state index in [-0.39, 0.29) is 43.1 Å². The Morgan fingerprint density at radius 2 is 1.95 bits per heavy atom. The molecule has 3 heterocycles. The van der Waals surface area contributed by atoms with Gasteiger partial charge in [-0.1, -0.05) is 13.0 Å². The first-order chi connectivity index (χ1) is 17.3. The molecule has 0 unspecified atom stereocenters. The summed E-state index contributed by atoms with van der Waals surface area (Å²) in [6, 6.07) is 4.47. The minimum atomic E-state index is -4.76. The summed E-state index contributed by atoms with van der Waals surface area (Å²) in [5, 5.41) is 4.24. The van der Waals surface area contributed by atoms with Crippen LogP contribution in [0.4, 0.5) is 23.7 Å². The summed E-state index contributed by atoms with van der Waals surface area (Å²) in [6.45, 7) is 6.57. The Morgan fingerprint density at radius 3 is 2.59 bits per heavy atom. The highest BCUT2D eigenvalue weighted by Crippen LogP contribution is 2.33. The molecule has 3 N–H and O–H groups in total. The van der Waals surface area contributed by atoms with Crippen molar-refractivity contribution >= 4 is 40.9 Å². The van der Waals surface area contributed by atoms with Crippen LogP contribution >= 0.6 is 11.3 Å².